The van der Waals surface area contributed by atoms with Gasteiger partial charge in [0.25, 0.3) is 0 Å². The minimum absolute atomic E-state index is 0.848. The van der Waals surface area contributed by atoms with E-state index in [1.54, 1.807) is 0 Å². The van der Waals surface area contributed by atoms with Gasteiger partial charge < -0.3 is 0 Å². The number of hydrogen-bond acceptors (Lipinski definition) is 2. The highest BCUT2D eigenvalue weighted by Crippen LogP contribution is 2.33. The molecule has 3 atom stereocenters. The largest absolute Gasteiger partial charge is 0.179 e. The Hall–Kier alpha value is 0.700. The van der Waals surface area contributed by atoms with Gasteiger partial charge in [0.1, 0.15) is 0 Å². The first kappa shape index (κ1) is 13.8. The third kappa shape index (κ3) is 5.53. The van der Waals surface area contributed by atoms with E-state index in [0.29, 0.717) is 0 Å². The van der Waals surface area contributed by atoms with Crippen LogP contribution in [0.15, 0.2) is 0 Å². The fourth-order valence-corrected chi connectivity index (χ4v) is 4.55. The number of thioether (sulfide) groups is 1. The Kier molecular flexibility index (Phi) is 7.24. The molecule has 90 valence electrons. The highest BCUT2D eigenvalue weighted by atomic mass is 32.2. The summed E-state index contributed by atoms with van der Waals surface area (Å²) in [6, 6.07) is 0. The molecule has 1 aliphatic rings. The van der Waals surface area contributed by atoms with E-state index in [-0.39, 0.29) is 0 Å². The van der Waals surface area contributed by atoms with E-state index in [0.717, 1.165) is 22.8 Å². The molecule has 3 unspecified atom stereocenters. The molecule has 0 nitrogen and oxygen atoms in total. The standard InChI is InChI=1S/C13H26S2/c1-3-5-12(9-14)10-15-13-7-4-6-11(2)8-13/h11-14H,3-10H2,1-2H3. The number of rotatable bonds is 6. The van der Waals surface area contributed by atoms with Gasteiger partial charge >= 0.3 is 0 Å². The van der Waals surface area contributed by atoms with E-state index in [1.807, 2.05) is 0 Å². The summed E-state index contributed by atoms with van der Waals surface area (Å²) >= 11 is 6.68. The van der Waals surface area contributed by atoms with Gasteiger partial charge in [-0.3, -0.25) is 0 Å². The molecule has 0 heterocycles. The van der Waals surface area contributed by atoms with Crippen LogP contribution >= 0.6 is 24.4 Å². The van der Waals surface area contributed by atoms with Gasteiger partial charge in [0.15, 0.2) is 0 Å². The van der Waals surface area contributed by atoms with Crippen molar-refractivity contribution in [1.82, 2.24) is 0 Å². The molecule has 0 aromatic heterocycles. The zero-order chi connectivity index (χ0) is 11.1. The van der Waals surface area contributed by atoms with Crippen molar-refractivity contribution in [1.29, 1.82) is 0 Å². The van der Waals surface area contributed by atoms with Gasteiger partial charge in [0.2, 0.25) is 0 Å². The van der Waals surface area contributed by atoms with Gasteiger partial charge in [-0.15, -0.1) is 0 Å². The summed E-state index contributed by atoms with van der Waals surface area (Å²) in [5.74, 6) is 4.23. The molecule has 0 spiro atoms. The lowest BCUT2D eigenvalue weighted by molar-refractivity contribution is 0.393. The van der Waals surface area contributed by atoms with Crippen LogP contribution in [0.5, 0.6) is 0 Å². The van der Waals surface area contributed by atoms with Gasteiger partial charge in [0.05, 0.1) is 0 Å². The van der Waals surface area contributed by atoms with Gasteiger partial charge in [-0.1, -0.05) is 33.1 Å². The third-order valence-electron chi connectivity index (χ3n) is 3.41. The lowest BCUT2D eigenvalue weighted by atomic mass is 9.91. The molecule has 15 heavy (non-hydrogen) atoms. The Balaban J connectivity index is 2.16. The Bertz CT molecular complexity index is 159. The van der Waals surface area contributed by atoms with E-state index in [4.69, 9.17) is 0 Å². The molecule has 1 saturated carbocycles. The fourth-order valence-electron chi connectivity index (χ4n) is 2.44. The quantitative estimate of drug-likeness (QED) is 0.666. The summed E-state index contributed by atoms with van der Waals surface area (Å²) in [5.41, 5.74) is 0. The second-order valence-electron chi connectivity index (χ2n) is 5.06. The van der Waals surface area contributed by atoms with Crippen molar-refractivity contribution in [2.24, 2.45) is 11.8 Å². The van der Waals surface area contributed by atoms with Crippen LogP contribution in [0.4, 0.5) is 0 Å². The first-order chi connectivity index (χ1) is 7.26. The van der Waals surface area contributed by atoms with Crippen molar-refractivity contribution < 1.29 is 0 Å². The van der Waals surface area contributed by atoms with Gasteiger partial charge in [-0.2, -0.15) is 24.4 Å². The van der Waals surface area contributed by atoms with Crippen molar-refractivity contribution in [3.05, 3.63) is 0 Å². The van der Waals surface area contributed by atoms with E-state index in [9.17, 15) is 0 Å². The minimum Gasteiger partial charge on any atom is -0.179 e. The van der Waals surface area contributed by atoms with Crippen LogP contribution in [0, 0.1) is 11.8 Å². The fraction of sp³-hybridized carbons (Fsp3) is 1.00. The second-order valence-corrected chi connectivity index (χ2v) is 6.76. The minimum atomic E-state index is 0.848. The molecule has 0 aromatic rings. The van der Waals surface area contributed by atoms with E-state index < -0.39 is 0 Å². The van der Waals surface area contributed by atoms with Crippen LogP contribution in [0.2, 0.25) is 0 Å². The van der Waals surface area contributed by atoms with Crippen LogP contribution in [0.1, 0.15) is 52.4 Å². The first-order valence-electron chi connectivity index (χ1n) is 6.48. The highest BCUT2D eigenvalue weighted by molar-refractivity contribution is 7.99. The Morgan fingerprint density at radius 3 is 2.80 bits per heavy atom. The van der Waals surface area contributed by atoms with Gasteiger partial charge in [0, 0.05) is 5.25 Å². The topological polar surface area (TPSA) is 0 Å². The summed E-state index contributed by atoms with van der Waals surface area (Å²) in [4.78, 5) is 0. The molecular weight excluding hydrogens is 220 g/mol. The predicted octanol–water partition coefficient (Wildman–Crippen LogP) is 4.64. The maximum Gasteiger partial charge on any atom is 0.00496 e. The molecule has 1 fully saturated rings. The molecule has 2 heteroatoms. The molecule has 0 aliphatic heterocycles. The Morgan fingerprint density at radius 1 is 1.40 bits per heavy atom. The predicted molar refractivity (Wildman–Crippen MR) is 76.1 cm³/mol. The van der Waals surface area contributed by atoms with Gasteiger partial charge in [-0.25, -0.2) is 0 Å². The summed E-state index contributed by atoms with van der Waals surface area (Å²) in [7, 11) is 0. The van der Waals surface area contributed by atoms with Crippen LogP contribution in [0.3, 0.4) is 0 Å². The normalized spacial score (nSPS) is 29.0. The first-order valence-corrected chi connectivity index (χ1v) is 8.16. The molecule has 0 saturated heterocycles. The van der Waals surface area contributed by atoms with Crippen molar-refractivity contribution >= 4 is 24.4 Å². The monoisotopic (exact) mass is 246 g/mol. The maximum atomic E-state index is 4.45. The zero-order valence-corrected chi connectivity index (χ0v) is 12.0. The van der Waals surface area contributed by atoms with E-state index >= 15 is 0 Å². The van der Waals surface area contributed by atoms with Crippen LogP contribution in [0.25, 0.3) is 0 Å². The highest BCUT2D eigenvalue weighted by Gasteiger charge is 2.20. The summed E-state index contributed by atoms with van der Waals surface area (Å²) in [6.07, 6.45) is 8.50. The molecule has 0 aromatic carbocycles. The zero-order valence-electron chi connectivity index (χ0n) is 10.2. The molecule has 0 N–H and O–H groups in total. The molecule has 0 bridgehead atoms. The van der Waals surface area contributed by atoms with Crippen LogP contribution in [-0.4, -0.2) is 16.8 Å². The van der Waals surface area contributed by atoms with Crippen LogP contribution < -0.4 is 0 Å². The molecule has 0 radical (unpaired) electrons. The van der Waals surface area contributed by atoms with E-state index in [1.165, 1.54) is 44.3 Å². The number of thiol groups is 1. The third-order valence-corrected chi connectivity index (χ3v) is 5.49. The van der Waals surface area contributed by atoms with E-state index in [2.05, 4.69) is 38.2 Å². The molecular formula is C13H26S2. The molecule has 0 amide bonds. The molecule has 1 aliphatic carbocycles. The van der Waals surface area contributed by atoms with Crippen LogP contribution in [-0.2, 0) is 0 Å². The SMILES string of the molecule is CCCC(CS)CSC1CCCC(C)C1. The maximum absolute atomic E-state index is 4.45. The lowest BCUT2D eigenvalue weighted by Gasteiger charge is -2.27. The second kappa shape index (κ2) is 7.89. The summed E-state index contributed by atoms with van der Waals surface area (Å²) < 4.78 is 0. The number of hydrogen-bond donors (Lipinski definition) is 1. The molecule has 1 rings (SSSR count). The Labute approximate surface area is 105 Å². The summed E-state index contributed by atoms with van der Waals surface area (Å²) in [5, 5.41) is 0.952. The van der Waals surface area contributed by atoms with Crippen molar-refractivity contribution in [2.45, 2.75) is 57.6 Å². The Morgan fingerprint density at radius 2 is 2.20 bits per heavy atom. The van der Waals surface area contributed by atoms with Gasteiger partial charge in [-0.05, 0) is 42.6 Å². The lowest BCUT2D eigenvalue weighted by Crippen LogP contribution is -2.17. The average molecular weight is 246 g/mol. The smallest absolute Gasteiger partial charge is 0.00496 e. The summed E-state index contributed by atoms with van der Waals surface area (Å²) in [6.45, 7) is 4.69. The van der Waals surface area contributed by atoms with Crippen molar-refractivity contribution in [2.75, 3.05) is 11.5 Å². The van der Waals surface area contributed by atoms with Crippen molar-refractivity contribution in [3.8, 4) is 0 Å². The average Bonchev–Trinajstić information content (AvgIpc) is 2.24. The van der Waals surface area contributed by atoms with Crippen molar-refractivity contribution in [3.63, 3.8) is 0 Å².